The number of hydrogen-bond acceptors (Lipinski definition) is 3. The number of piperazine rings is 1. The summed E-state index contributed by atoms with van der Waals surface area (Å²) in [7, 11) is 0. The third-order valence-corrected chi connectivity index (χ3v) is 4.82. The first-order valence-corrected chi connectivity index (χ1v) is 8.22. The van der Waals surface area contributed by atoms with E-state index < -0.39 is 0 Å². The van der Waals surface area contributed by atoms with Gasteiger partial charge in [-0.3, -0.25) is 9.88 Å². The number of halogens is 1. The Morgan fingerprint density at radius 2 is 2.14 bits per heavy atom. The highest BCUT2D eigenvalue weighted by Gasteiger charge is 2.36. The van der Waals surface area contributed by atoms with Crippen molar-refractivity contribution in [1.82, 2.24) is 15.2 Å². The summed E-state index contributed by atoms with van der Waals surface area (Å²) in [5.74, 6) is 0.640. The van der Waals surface area contributed by atoms with Crippen molar-refractivity contribution in [3.05, 3.63) is 29.0 Å². The summed E-state index contributed by atoms with van der Waals surface area (Å²) in [6, 6.07) is 3.09. The van der Waals surface area contributed by atoms with Gasteiger partial charge in [-0.2, -0.15) is 0 Å². The van der Waals surface area contributed by atoms with Crippen LogP contribution in [0.1, 0.15) is 40.2 Å². The van der Waals surface area contributed by atoms with E-state index in [2.05, 4.69) is 49.8 Å². The van der Waals surface area contributed by atoms with Crippen molar-refractivity contribution in [3.63, 3.8) is 0 Å². The molecule has 1 N–H and O–H groups in total. The predicted molar refractivity (Wildman–Crippen MR) is 89.5 cm³/mol. The molecule has 3 nitrogen and oxygen atoms in total. The van der Waals surface area contributed by atoms with Gasteiger partial charge in [0.1, 0.15) is 0 Å². The average Bonchev–Trinajstić information content (AvgIpc) is 2.40. The number of nitrogens with one attached hydrogen (secondary N) is 1. The van der Waals surface area contributed by atoms with E-state index in [9.17, 15) is 0 Å². The molecule has 0 aliphatic carbocycles. The highest BCUT2D eigenvalue weighted by Crippen LogP contribution is 2.29. The maximum absolute atomic E-state index is 6.30. The van der Waals surface area contributed by atoms with Gasteiger partial charge in [-0.1, -0.05) is 46.2 Å². The van der Waals surface area contributed by atoms with Crippen LogP contribution in [-0.2, 0) is 6.54 Å². The molecule has 0 bridgehead atoms. The minimum atomic E-state index is 0.245. The van der Waals surface area contributed by atoms with Gasteiger partial charge in [0.2, 0.25) is 0 Å². The Morgan fingerprint density at radius 1 is 1.43 bits per heavy atom. The largest absolute Gasteiger partial charge is 0.311 e. The van der Waals surface area contributed by atoms with Crippen LogP contribution in [-0.4, -0.2) is 35.1 Å². The van der Waals surface area contributed by atoms with Gasteiger partial charge >= 0.3 is 0 Å². The quantitative estimate of drug-likeness (QED) is 0.925. The van der Waals surface area contributed by atoms with Gasteiger partial charge in [-0.05, 0) is 23.0 Å². The fourth-order valence-electron chi connectivity index (χ4n) is 3.06. The van der Waals surface area contributed by atoms with Gasteiger partial charge in [0.25, 0.3) is 0 Å². The Morgan fingerprint density at radius 3 is 2.71 bits per heavy atom. The van der Waals surface area contributed by atoms with Crippen molar-refractivity contribution in [2.24, 2.45) is 11.3 Å². The lowest BCUT2D eigenvalue weighted by atomic mass is 9.83. The summed E-state index contributed by atoms with van der Waals surface area (Å²) >= 11 is 6.30. The third kappa shape index (κ3) is 4.18. The van der Waals surface area contributed by atoms with Crippen molar-refractivity contribution >= 4 is 11.6 Å². The van der Waals surface area contributed by atoms with Gasteiger partial charge in [0.05, 0.1) is 5.02 Å². The molecule has 1 saturated heterocycles. The first kappa shape index (κ1) is 16.7. The van der Waals surface area contributed by atoms with E-state index in [1.54, 1.807) is 6.20 Å². The second-order valence-corrected chi connectivity index (χ2v) is 7.94. The Hall–Kier alpha value is -0.640. The first-order valence-electron chi connectivity index (χ1n) is 7.85. The minimum absolute atomic E-state index is 0.245. The van der Waals surface area contributed by atoms with E-state index in [0.29, 0.717) is 18.0 Å². The van der Waals surface area contributed by atoms with Crippen LogP contribution >= 0.6 is 11.6 Å². The first-order chi connectivity index (χ1) is 9.79. The molecular weight excluding hydrogens is 282 g/mol. The Balaban J connectivity index is 2.19. The van der Waals surface area contributed by atoms with Crippen LogP contribution in [0.3, 0.4) is 0 Å². The topological polar surface area (TPSA) is 28.2 Å². The highest BCUT2D eigenvalue weighted by molar-refractivity contribution is 6.31. The summed E-state index contributed by atoms with van der Waals surface area (Å²) in [4.78, 5) is 6.67. The molecule has 1 aliphatic rings. The summed E-state index contributed by atoms with van der Waals surface area (Å²) in [5.41, 5.74) is 1.42. The molecule has 118 valence electrons. The minimum Gasteiger partial charge on any atom is -0.311 e. The summed E-state index contributed by atoms with van der Waals surface area (Å²) < 4.78 is 0. The maximum atomic E-state index is 6.30. The third-order valence-electron chi connectivity index (χ3n) is 4.48. The molecule has 0 spiro atoms. The molecule has 2 heterocycles. The van der Waals surface area contributed by atoms with Gasteiger partial charge in [-0.15, -0.1) is 0 Å². The Kier molecular flexibility index (Phi) is 5.29. The fourth-order valence-corrected chi connectivity index (χ4v) is 3.24. The summed E-state index contributed by atoms with van der Waals surface area (Å²) in [6.07, 6.45) is 3.57. The average molecular weight is 310 g/mol. The molecule has 1 fully saturated rings. The second-order valence-electron chi connectivity index (χ2n) is 7.54. The molecule has 1 aromatic rings. The smallest absolute Gasteiger partial charge is 0.0634 e. The summed E-state index contributed by atoms with van der Waals surface area (Å²) in [5, 5.41) is 4.49. The lowest BCUT2D eigenvalue weighted by Crippen LogP contribution is -2.61. The summed E-state index contributed by atoms with van der Waals surface area (Å²) in [6.45, 7) is 14.5. The van der Waals surface area contributed by atoms with Crippen LogP contribution in [0.25, 0.3) is 0 Å². The Bertz CT molecular complexity index is 467. The molecule has 2 rings (SSSR count). The number of rotatable bonds is 3. The van der Waals surface area contributed by atoms with E-state index in [4.69, 9.17) is 11.6 Å². The van der Waals surface area contributed by atoms with E-state index in [1.807, 2.05) is 12.3 Å². The standard InChI is InChI=1S/C17H28ClN3/c1-12(2)15-11-21(16(9-20-15)17(3,4)5)10-13-6-7-19-8-14(13)18/h6-8,12,15-16,20H,9-11H2,1-5H3. The molecule has 0 amide bonds. The van der Waals surface area contributed by atoms with E-state index in [-0.39, 0.29) is 5.41 Å². The molecule has 2 atom stereocenters. The molecule has 21 heavy (non-hydrogen) atoms. The molecule has 2 unspecified atom stereocenters. The SMILES string of the molecule is CC(C)C1CN(Cc2ccncc2Cl)C(C(C)(C)C)CN1. The zero-order valence-electron chi connectivity index (χ0n) is 13.9. The molecule has 4 heteroatoms. The predicted octanol–water partition coefficient (Wildman–Crippen LogP) is 3.58. The van der Waals surface area contributed by atoms with Crippen LogP contribution in [0, 0.1) is 11.3 Å². The second kappa shape index (κ2) is 6.64. The van der Waals surface area contributed by atoms with Gasteiger partial charge < -0.3 is 5.32 Å². The highest BCUT2D eigenvalue weighted by atomic mass is 35.5. The molecule has 0 saturated carbocycles. The van der Waals surface area contributed by atoms with E-state index in [1.165, 1.54) is 5.56 Å². The maximum Gasteiger partial charge on any atom is 0.0634 e. The van der Waals surface area contributed by atoms with E-state index >= 15 is 0 Å². The van der Waals surface area contributed by atoms with Crippen molar-refractivity contribution in [2.75, 3.05) is 13.1 Å². The molecular formula is C17H28ClN3. The zero-order valence-corrected chi connectivity index (χ0v) is 14.6. The van der Waals surface area contributed by atoms with Crippen LogP contribution in [0.4, 0.5) is 0 Å². The monoisotopic (exact) mass is 309 g/mol. The van der Waals surface area contributed by atoms with E-state index in [0.717, 1.165) is 24.7 Å². The zero-order chi connectivity index (χ0) is 15.6. The van der Waals surface area contributed by atoms with Crippen LogP contribution < -0.4 is 5.32 Å². The van der Waals surface area contributed by atoms with Crippen LogP contribution in [0.5, 0.6) is 0 Å². The number of aromatic nitrogens is 1. The van der Waals surface area contributed by atoms with Crippen molar-refractivity contribution in [3.8, 4) is 0 Å². The Labute approximate surface area is 134 Å². The van der Waals surface area contributed by atoms with Crippen molar-refractivity contribution in [1.29, 1.82) is 0 Å². The molecule has 1 aromatic heterocycles. The number of nitrogens with zero attached hydrogens (tertiary/aromatic N) is 2. The lowest BCUT2D eigenvalue weighted by molar-refractivity contribution is 0.0400. The van der Waals surface area contributed by atoms with Crippen LogP contribution in [0.15, 0.2) is 18.5 Å². The van der Waals surface area contributed by atoms with Crippen LogP contribution in [0.2, 0.25) is 5.02 Å². The van der Waals surface area contributed by atoms with Gasteiger partial charge in [0.15, 0.2) is 0 Å². The fraction of sp³-hybridized carbons (Fsp3) is 0.706. The van der Waals surface area contributed by atoms with Gasteiger partial charge in [0, 0.05) is 44.1 Å². The lowest BCUT2D eigenvalue weighted by Gasteiger charge is -2.47. The normalized spacial score (nSPS) is 24.5. The molecule has 0 radical (unpaired) electrons. The number of pyridine rings is 1. The number of hydrogen-bond donors (Lipinski definition) is 1. The molecule has 1 aliphatic heterocycles. The van der Waals surface area contributed by atoms with Crippen molar-refractivity contribution < 1.29 is 0 Å². The van der Waals surface area contributed by atoms with Crippen molar-refractivity contribution in [2.45, 2.75) is 53.2 Å². The van der Waals surface area contributed by atoms with Gasteiger partial charge in [-0.25, -0.2) is 0 Å². The molecule has 0 aromatic carbocycles.